The summed E-state index contributed by atoms with van der Waals surface area (Å²) in [5.74, 6) is -1.25. The molecule has 0 unspecified atom stereocenters. The second-order valence-electron chi connectivity index (χ2n) is 6.82. The van der Waals surface area contributed by atoms with Gasteiger partial charge in [0.2, 0.25) is 10.0 Å². The first-order valence-corrected chi connectivity index (χ1v) is 11.0. The molecule has 2 aromatic carbocycles. The Balaban J connectivity index is 1.56. The number of nitro benzene ring substituents is 1. The second kappa shape index (κ2) is 9.41. The van der Waals surface area contributed by atoms with E-state index in [2.05, 4.69) is 5.16 Å². The quantitative estimate of drug-likeness (QED) is 0.226. The van der Waals surface area contributed by atoms with Crippen LogP contribution < -0.4 is 5.73 Å². The maximum absolute atomic E-state index is 12.7. The van der Waals surface area contributed by atoms with Crippen molar-refractivity contribution in [2.45, 2.75) is 17.7 Å². The van der Waals surface area contributed by atoms with E-state index in [1.54, 1.807) is 0 Å². The van der Waals surface area contributed by atoms with Crippen LogP contribution in [0.5, 0.6) is 0 Å². The molecule has 2 aromatic rings. The number of hydrogen-bond acceptors (Lipinski definition) is 7. The summed E-state index contributed by atoms with van der Waals surface area (Å²) in [6.07, 6.45) is 0.553. The van der Waals surface area contributed by atoms with Gasteiger partial charge >= 0.3 is 5.97 Å². The first-order chi connectivity index (χ1) is 14.7. The fourth-order valence-corrected chi connectivity index (χ4v) is 4.66. The average Bonchev–Trinajstić information content (AvgIpc) is 2.77. The Morgan fingerprint density at radius 3 is 2.26 bits per heavy atom. The van der Waals surface area contributed by atoms with Crippen molar-refractivity contribution in [3.63, 3.8) is 0 Å². The number of carbonyl (C=O) groups excluding carboxylic acids is 1. The summed E-state index contributed by atoms with van der Waals surface area (Å²) in [5.41, 5.74) is 6.02. The van der Waals surface area contributed by atoms with Gasteiger partial charge in [0.15, 0.2) is 5.84 Å². The molecule has 1 heterocycles. The van der Waals surface area contributed by atoms with Crippen LogP contribution in [0.3, 0.4) is 0 Å². The lowest BCUT2D eigenvalue weighted by Gasteiger charge is -2.29. The lowest BCUT2D eigenvalue weighted by molar-refractivity contribution is -0.384. The van der Waals surface area contributed by atoms with Crippen LogP contribution in [0.4, 0.5) is 5.69 Å². The maximum atomic E-state index is 12.7. The van der Waals surface area contributed by atoms with E-state index in [1.165, 1.54) is 52.8 Å². The van der Waals surface area contributed by atoms with Crippen LogP contribution in [0.25, 0.3) is 0 Å². The minimum Gasteiger partial charge on any atom is -0.380 e. The van der Waals surface area contributed by atoms with E-state index in [9.17, 15) is 23.3 Å². The van der Waals surface area contributed by atoms with Crippen molar-refractivity contribution in [1.29, 1.82) is 0 Å². The summed E-state index contributed by atoms with van der Waals surface area (Å²) in [6, 6.07) is 11.2. The Hall–Kier alpha value is -3.02. The summed E-state index contributed by atoms with van der Waals surface area (Å²) < 4.78 is 26.7. The SMILES string of the molecule is N/C(=N\OC(=O)C1CCN(S(=O)(=O)c2ccc(Cl)cc2)CC1)c1ccc([N+](=O)[O-])cc1. The molecule has 0 saturated carbocycles. The second-order valence-corrected chi connectivity index (χ2v) is 9.20. The molecule has 164 valence electrons. The zero-order chi connectivity index (χ0) is 22.6. The van der Waals surface area contributed by atoms with Crippen LogP contribution in [0.2, 0.25) is 5.02 Å². The number of nitrogens with zero attached hydrogens (tertiary/aromatic N) is 3. The summed E-state index contributed by atoms with van der Waals surface area (Å²) in [5, 5.41) is 14.7. The molecule has 0 radical (unpaired) electrons. The Labute approximate surface area is 183 Å². The largest absolute Gasteiger partial charge is 0.380 e. The molecule has 12 heteroatoms. The first-order valence-electron chi connectivity index (χ1n) is 9.23. The Kier molecular flexibility index (Phi) is 6.88. The summed E-state index contributed by atoms with van der Waals surface area (Å²) in [7, 11) is -3.67. The maximum Gasteiger partial charge on any atom is 0.338 e. The number of piperidine rings is 1. The molecule has 0 bridgehead atoms. The normalized spacial score (nSPS) is 16.1. The molecule has 1 aliphatic heterocycles. The topological polar surface area (TPSA) is 145 Å². The number of oxime groups is 1. The monoisotopic (exact) mass is 466 g/mol. The van der Waals surface area contributed by atoms with Crippen molar-refractivity contribution in [3.05, 3.63) is 69.2 Å². The highest BCUT2D eigenvalue weighted by molar-refractivity contribution is 7.89. The third-order valence-electron chi connectivity index (χ3n) is 4.85. The van der Waals surface area contributed by atoms with Gasteiger partial charge in [-0.1, -0.05) is 16.8 Å². The number of hydrogen-bond donors (Lipinski definition) is 1. The van der Waals surface area contributed by atoms with Crippen molar-refractivity contribution in [2.75, 3.05) is 13.1 Å². The molecule has 0 aromatic heterocycles. The van der Waals surface area contributed by atoms with E-state index in [4.69, 9.17) is 22.2 Å². The summed E-state index contributed by atoms with van der Waals surface area (Å²) in [6.45, 7) is 0.318. The van der Waals surface area contributed by atoms with Gasteiger partial charge in [-0.15, -0.1) is 0 Å². The van der Waals surface area contributed by atoms with Crippen LogP contribution >= 0.6 is 11.6 Å². The van der Waals surface area contributed by atoms with Crippen LogP contribution in [0.15, 0.2) is 58.6 Å². The molecule has 2 N–H and O–H groups in total. The fourth-order valence-electron chi connectivity index (χ4n) is 3.06. The molecule has 1 aliphatic rings. The van der Waals surface area contributed by atoms with E-state index in [0.29, 0.717) is 10.6 Å². The van der Waals surface area contributed by atoms with Gasteiger partial charge in [-0.05, 0) is 49.2 Å². The Bertz CT molecular complexity index is 1100. The highest BCUT2D eigenvalue weighted by Gasteiger charge is 2.33. The zero-order valence-corrected chi connectivity index (χ0v) is 17.8. The minimum atomic E-state index is -3.67. The van der Waals surface area contributed by atoms with Gasteiger partial charge < -0.3 is 10.6 Å². The van der Waals surface area contributed by atoms with Crippen LogP contribution in [-0.4, -0.2) is 42.5 Å². The van der Waals surface area contributed by atoms with Crippen molar-refractivity contribution < 1.29 is 23.0 Å². The number of carbonyl (C=O) groups is 1. The number of amidine groups is 1. The van der Waals surface area contributed by atoms with Crippen molar-refractivity contribution in [1.82, 2.24) is 4.31 Å². The van der Waals surface area contributed by atoms with Gasteiger partial charge in [0.05, 0.1) is 15.7 Å². The van der Waals surface area contributed by atoms with Crippen molar-refractivity contribution in [2.24, 2.45) is 16.8 Å². The van der Waals surface area contributed by atoms with Crippen molar-refractivity contribution in [3.8, 4) is 0 Å². The number of nitrogens with two attached hydrogens (primary N) is 1. The average molecular weight is 467 g/mol. The predicted molar refractivity (Wildman–Crippen MR) is 113 cm³/mol. The summed E-state index contributed by atoms with van der Waals surface area (Å²) in [4.78, 5) is 27.5. The van der Waals surface area contributed by atoms with Gasteiger partial charge in [-0.25, -0.2) is 13.2 Å². The molecular weight excluding hydrogens is 448 g/mol. The third-order valence-corrected chi connectivity index (χ3v) is 7.01. The number of sulfonamides is 1. The molecule has 0 atom stereocenters. The first kappa shape index (κ1) is 22.7. The number of rotatable bonds is 6. The van der Waals surface area contributed by atoms with Crippen LogP contribution in [0, 0.1) is 16.0 Å². The molecule has 31 heavy (non-hydrogen) atoms. The Morgan fingerprint density at radius 2 is 1.71 bits per heavy atom. The van der Waals surface area contributed by atoms with E-state index >= 15 is 0 Å². The smallest absolute Gasteiger partial charge is 0.338 e. The number of halogens is 1. The van der Waals surface area contributed by atoms with E-state index in [1.807, 2.05) is 0 Å². The van der Waals surface area contributed by atoms with Gasteiger partial charge in [-0.3, -0.25) is 10.1 Å². The highest BCUT2D eigenvalue weighted by atomic mass is 35.5. The van der Waals surface area contributed by atoms with Gasteiger partial charge in [-0.2, -0.15) is 4.31 Å². The van der Waals surface area contributed by atoms with Crippen LogP contribution in [-0.2, 0) is 19.7 Å². The lowest BCUT2D eigenvalue weighted by Crippen LogP contribution is -2.40. The number of benzene rings is 2. The fraction of sp³-hybridized carbons (Fsp3) is 0.263. The minimum absolute atomic E-state index is 0.103. The third kappa shape index (κ3) is 5.37. The van der Waals surface area contributed by atoms with Gasteiger partial charge in [0.1, 0.15) is 0 Å². The summed E-state index contributed by atoms with van der Waals surface area (Å²) >= 11 is 5.81. The molecule has 10 nitrogen and oxygen atoms in total. The van der Waals surface area contributed by atoms with E-state index < -0.39 is 26.8 Å². The number of non-ortho nitro benzene ring substituents is 1. The molecule has 1 fully saturated rings. The van der Waals surface area contributed by atoms with Gasteiger partial charge in [0.25, 0.3) is 5.69 Å². The molecular formula is C19H19ClN4O6S. The van der Waals surface area contributed by atoms with Crippen LogP contribution in [0.1, 0.15) is 18.4 Å². The molecule has 1 saturated heterocycles. The Morgan fingerprint density at radius 1 is 1.13 bits per heavy atom. The lowest BCUT2D eigenvalue weighted by atomic mass is 9.99. The van der Waals surface area contributed by atoms with E-state index in [0.717, 1.165) is 0 Å². The van der Waals surface area contributed by atoms with Crippen molar-refractivity contribution >= 4 is 39.1 Å². The van der Waals surface area contributed by atoms with Gasteiger partial charge in [0, 0.05) is 35.8 Å². The molecule has 0 aliphatic carbocycles. The number of nitro groups is 1. The standard InChI is InChI=1S/C19H19ClN4O6S/c20-15-3-7-17(8-4-15)31(28,29)23-11-9-14(10-12-23)19(25)30-22-18(21)13-1-5-16(6-2-13)24(26)27/h1-8,14H,9-12H2,(H2,21,22). The molecule has 0 spiro atoms. The highest BCUT2D eigenvalue weighted by Crippen LogP contribution is 2.25. The zero-order valence-electron chi connectivity index (χ0n) is 16.2. The molecule has 3 rings (SSSR count). The van der Waals surface area contributed by atoms with E-state index in [-0.39, 0.29) is 42.3 Å². The molecule has 0 amide bonds. The predicted octanol–water partition coefficient (Wildman–Crippen LogP) is 2.51.